The second-order valence-corrected chi connectivity index (χ2v) is 5.30. The third-order valence-electron chi connectivity index (χ3n) is 2.47. The first-order valence-corrected chi connectivity index (χ1v) is 6.81. The van der Waals surface area contributed by atoms with Gasteiger partial charge in [-0.1, -0.05) is 17.7 Å². The summed E-state index contributed by atoms with van der Waals surface area (Å²) in [5.74, 6) is -0.944. The average Bonchev–Trinajstić information content (AvgIpc) is 2.84. The molecule has 2 aromatic rings. The summed E-state index contributed by atoms with van der Waals surface area (Å²) in [6.07, 6.45) is 0.706. The molecular formula is C13H12ClNO3S. The molecule has 0 fully saturated rings. The standard InChI is InChI=1S/C13H12ClNO3S/c14-11-7-8(15)6-10(13(16)17)12(11)18-4-3-9-2-1-5-19-9/h1-2,5-7H,3-4,15H2,(H,16,17). The van der Waals surface area contributed by atoms with Crippen molar-refractivity contribution >= 4 is 34.6 Å². The van der Waals surface area contributed by atoms with Crippen molar-refractivity contribution in [3.63, 3.8) is 0 Å². The maximum atomic E-state index is 11.1. The molecule has 0 radical (unpaired) electrons. The number of hydrogen-bond donors (Lipinski definition) is 2. The summed E-state index contributed by atoms with van der Waals surface area (Å²) in [6, 6.07) is 6.78. The smallest absolute Gasteiger partial charge is 0.339 e. The summed E-state index contributed by atoms with van der Waals surface area (Å²) < 4.78 is 5.50. The number of nitrogens with two attached hydrogens (primary N) is 1. The highest BCUT2D eigenvalue weighted by atomic mass is 35.5. The van der Waals surface area contributed by atoms with Gasteiger partial charge < -0.3 is 15.6 Å². The van der Waals surface area contributed by atoms with Crippen molar-refractivity contribution in [3.05, 3.63) is 45.1 Å². The van der Waals surface area contributed by atoms with E-state index in [9.17, 15) is 4.79 Å². The summed E-state index contributed by atoms with van der Waals surface area (Å²) in [5.41, 5.74) is 5.85. The Morgan fingerprint density at radius 2 is 2.26 bits per heavy atom. The van der Waals surface area contributed by atoms with E-state index in [1.54, 1.807) is 11.3 Å². The molecule has 1 aromatic heterocycles. The van der Waals surface area contributed by atoms with Crippen molar-refractivity contribution in [2.75, 3.05) is 12.3 Å². The molecular weight excluding hydrogens is 286 g/mol. The Bertz CT molecular complexity index is 584. The number of carboxylic acids is 1. The SMILES string of the molecule is Nc1cc(Cl)c(OCCc2cccs2)c(C(=O)O)c1. The molecule has 0 aliphatic carbocycles. The van der Waals surface area contributed by atoms with Crippen molar-refractivity contribution in [1.29, 1.82) is 0 Å². The molecule has 0 spiro atoms. The minimum absolute atomic E-state index is 0.0174. The van der Waals surface area contributed by atoms with Crippen LogP contribution >= 0.6 is 22.9 Å². The van der Waals surface area contributed by atoms with Crippen molar-refractivity contribution < 1.29 is 14.6 Å². The summed E-state index contributed by atoms with van der Waals surface area (Å²) in [6.45, 7) is 0.366. The molecule has 1 heterocycles. The lowest BCUT2D eigenvalue weighted by molar-refractivity contribution is 0.0692. The Morgan fingerprint density at radius 3 is 2.89 bits per heavy atom. The highest BCUT2D eigenvalue weighted by molar-refractivity contribution is 7.09. The molecule has 6 heteroatoms. The summed E-state index contributed by atoms with van der Waals surface area (Å²) in [7, 11) is 0. The lowest BCUT2D eigenvalue weighted by atomic mass is 10.2. The normalized spacial score (nSPS) is 10.4. The maximum Gasteiger partial charge on any atom is 0.339 e. The van der Waals surface area contributed by atoms with Gasteiger partial charge in [0, 0.05) is 17.0 Å². The van der Waals surface area contributed by atoms with Crippen LogP contribution in [0.3, 0.4) is 0 Å². The Hall–Kier alpha value is -1.72. The van der Waals surface area contributed by atoms with E-state index in [2.05, 4.69) is 0 Å². The largest absolute Gasteiger partial charge is 0.491 e. The first-order chi connectivity index (χ1) is 9.08. The quantitative estimate of drug-likeness (QED) is 0.831. The fourth-order valence-corrected chi connectivity index (χ4v) is 2.60. The number of aromatic carboxylic acids is 1. The van der Waals surface area contributed by atoms with E-state index in [4.69, 9.17) is 27.2 Å². The van der Waals surface area contributed by atoms with Gasteiger partial charge in [-0.05, 0) is 23.6 Å². The molecule has 1 aromatic carbocycles. The van der Waals surface area contributed by atoms with Gasteiger partial charge in [-0.2, -0.15) is 0 Å². The van der Waals surface area contributed by atoms with Crippen LogP contribution in [0.15, 0.2) is 29.6 Å². The van der Waals surface area contributed by atoms with Crippen molar-refractivity contribution in [3.8, 4) is 5.75 Å². The summed E-state index contributed by atoms with van der Waals surface area (Å²) in [5, 5.41) is 11.3. The molecule has 100 valence electrons. The number of carboxylic acid groups (broad SMARTS) is 1. The van der Waals surface area contributed by atoms with E-state index < -0.39 is 5.97 Å². The molecule has 0 unspecified atom stereocenters. The van der Waals surface area contributed by atoms with Crippen LogP contribution in [0.5, 0.6) is 5.75 Å². The van der Waals surface area contributed by atoms with Crippen LogP contribution in [0.2, 0.25) is 5.02 Å². The first kappa shape index (κ1) is 13.7. The molecule has 4 nitrogen and oxygen atoms in total. The van der Waals surface area contributed by atoms with E-state index >= 15 is 0 Å². The van der Waals surface area contributed by atoms with E-state index in [0.29, 0.717) is 18.7 Å². The van der Waals surface area contributed by atoms with E-state index in [1.807, 2.05) is 17.5 Å². The minimum Gasteiger partial charge on any atom is -0.491 e. The summed E-state index contributed by atoms with van der Waals surface area (Å²) in [4.78, 5) is 12.3. The Morgan fingerprint density at radius 1 is 1.47 bits per heavy atom. The second kappa shape index (κ2) is 5.95. The zero-order chi connectivity index (χ0) is 13.8. The number of benzene rings is 1. The Balaban J connectivity index is 2.12. The molecule has 19 heavy (non-hydrogen) atoms. The van der Waals surface area contributed by atoms with Gasteiger partial charge >= 0.3 is 5.97 Å². The summed E-state index contributed by atoms with van der Waals surface area (Å²) >= 11 is 7.60. The Labute approximate surface area is 119 Å². The zero-order valence-corrected chi connectivity index (χ0v) is 11.5. The van der Waals surface area contributed by atoms with Crippen LogP contribution in [0.25, 0.3) is 0 Å². The van der Waals surface area contributed by atoms with Crippen molar-refractivity contribution in [2.24, 2.45) is 0 Å². The maximum absolute atomic E-state index is 11.1. The first-order valence-electron chi connectivity index (χ1n) is 5.55. The van der Waals surface area contributed by atoms with Crippen LogP contribution in [-0.4, -0.2) is 17.7 Å². The Kier molecular flexibility index (Phi) is 4.29. The predicted octanol–water partition coefficient (Wildman–Crippen LogP) is 3.30. The van der Waals surface area contributed by atoms with Crippen LogP contribution in [0.1, 0.15) is 15.2 Å². The van der Waals surface area contributed by atoms with Gasteiger partial charge in [-0.3, -0.25) is 0 Å². The van der Waals surface area contributed by atoms with Crippen LogP contribution in [0.4, 0.5) is 5.69 Å². The highest BCUT2D eigenvalue weighted by Crippen LogP contribution is 2.31. The van der Waals surface area contributed by atoms with E-state index in [0.717, 1.165) is 0 Å². The lowest BCUT2D eigenvalue weighted by Crippen LogP contribution is -2.07. The molecule has 0 amide bonds. The molecule has 2 rings (SSSR count). The lowest BCUT2D eigenvalue weighted by Gasteiger charge is -2.11. The minimum atomic E-state index is -1.11. The monoisotopic (exact) mass is 297 g/mol. The molecule has 0 atom stereocenters. The number of hydrogen-bond acceptors (Lipinski definition) is 4. The third kappa shape index (κ3) is 3.39. The van der Waals surface area contributed by atoms with Gasteiger partial charge in [-0.15, -0.1) is 11.3 Å². The van der Waals surface area contributed by atoms with Crippen LogP contribution in [0, 0.1) is 0 Å². The second-order valence-electron chi connectivity index (χ2n) is 3.86. The number of anilines is 1. The number of thiophene rings is 1. The molecule has 0 saturated heterocycles. The molecule has 3 N–H and O–H groups in total. The highest BCUT2D eigenvalue weighted by Gasteiger charge is 2.16. The van der Waals surface area contributed by atoms with E-state index in [1.165, 1.54) is 17.0 Å². The van der Waals surface area contributed by atoms with Gasteiger partial charge in [0.15, 0.2) is 5.75 Å². The number of ether oxygens (including phenoxy) is 1. The molecule has 0 bridgehead atoms. The third-order valence-corrected chi connectivity index (χ3v) is 3.69. The van der Waals surface area contributed by atoms with Crippen molar-refractivity contribution in [2.45, 2.75) is 6.42 Å². The predicted molar refractivity (Wildman–Crippen MR) is 76.3 cm³/mol. The van der Waals surface area contributed by atoms with Gasteiger partial charge in [0.2, 0.25) is 0 Å². The molecule has 0 aliphatic rings. The van der Waals surface area contributed by atoms with Gasteiger partial charge in [0.05, 0.1) is 11.6 Å². The zero-order valence-electron chi connectivity index (χ0n) is 9.93. The van der Waals surface area contributed by atoms with Gasteiger partial charge in [-0.25, -0.2) is 4.79 Å². The fourth-order valence-electron chi connectivity index (χ4n) is 1.63. The number of halogens is 1. The van der Waals surface area contributed by atoms with Gasteiger partial charge in [0.1, 0.15) is 5.56 Å². The van der Waals surface area contributed by atoms with Crippen LogP contribution < -0.4 is 10.5 Å². The topological polar surface area (TPSA) is 72.5 Å². The number of carbonyl (C=O) groups is 1. The molecule has 0 saturated carbocycles. The average molecular weight is 298 g/mol. The number of rotatable bonds is 5. The van der Waals surface area contributed by atoms with Gasteiger partial charge in [0.25, 0.3) is 0 Å². The van der Waals surface area contributed by atoms with Crippen LogP contribution in [-0.2, 0) is 6.42 Å². The van der Waals surface area contributed by atoms with E-state index in [-0.39, 0.29) is 16.3 Å². The molecule has 0 aliphatic heterocycles. The fraction of sp³-hybridized carbons (Fsp3) is 0.154. The number of nitrogen functional groups attached to an aromatic ring is 1. The van der Waals surface area contributed by atoms with Crippen molar-refractivity contribution in [1.82, 2.24) is 0 Å².